The molecule has 204 valence electrons. The Morgan fingerprint density at radius 1 is 0.857 bits per heavy atom. The number of nitrogens with zero attached hydrogens (tertiary/aromatic N) is 4. The first kappa shape index (κ1) is 25.9. The molecule has 0 atom stereocenters. The first-order valence-electron chi connectivity index (χ1n) is 13.2. The van der Waals surface area contributed by atoms with Crippen molar-refractivity contribution in [1.29, 1.82) is 0 Å². The third-order valence-corrected chi connectivity index (χ3v) is 7.94. The molecule has 3 heterocycles. The Hall–Kier alpha value is -5.05. The number of aromatic nitrogens is 3. The summed E-state index contributed by atoms with van der Waals surface area (Å²) in [5.74, 6) is 1.21. The summed E-state index contributed by atoms with van der Waals surface area (Å²) in [6.45, 7) is 0. The van der Waals surface area contributed by atoms with Gasteiger partial charge >= 0.3 is 0 Å². The molecule has 7 aromatic rings. The third kappa shape index (κ3) is 4.98. The first-order valence-corrected chi connectivity index (χ1v) is 14.5. The summed E-state index contributed by atoms with van der Waals surface area (Å²) in [6, 6.07) is 31.5. The number of nitrogens with one attached hydrogen (secondary N) is 2. The normalized spacial score (nSPS) is 12.1. The fourth-order valence-electron chi connectivity index (χ4n) is 4.91. The van der Waals surface area contributed by atoms with Gasteiger partial charge in [-0.1, -0.05) is 60.1 Å². The van der Waals surface area contributed by atoms with Crippen molar-refractivity contribution in [1.82, 2.24) is 15.0 Å². The molecule has 0 spiro atoms. The van der Waals surface area contributed by atoms with Gasteiger partial charge in [-0.05, 0) is 54.1 Å². The van der Waals surface area contributed by atoms with Crippen LogP contribution in [0.15, 0.2) is 124 Å². The molecule has 9 heteroatoms. The molecule has 0 radical (unpaired) electrons. The zero-order valence-electron chi connectivity index (χ0n) is 22.4. The quantitative estimate of drug-likeness (QED) is 0.115. The number of fused-ring (bicyclic) bond motifs is 2. The molecule has 0 aliphatic rings. The molecule has 7 nitrogen and oxygen atoms in total. The molecule has 0 aliphatic carbocycles. The van der Waals surface area contributed by atoms with Crippen LogP contribution >= 0.6 is 22.9 Å². The molecule has 4 aromatic carbocycles. The fraction of sp³-hybridized carbons (Fsp3) is 0.0303. The number of benzene rings is 4. The standard InChI is InChI=1S/C33H23ClN6OS/c1-41-23-16-14-22(15-17-23)39-40-32(26-18-35-27-8-4-2-6-24(26)27)38-33-37-29(19-42-33)30-25-7-3-5-9-28(25)36-31(30)20-10-12-21(34)13-11-20/h2-19,35-36H,1H3/b38-32-,40-39?. The SMILES string of the molecule is COc1ccc(N=N/C(=N\c2nc(-c3c(-c4ccc(Cl)cc4)[nH]c4ccccc34)cs2)c2c[nH]c3ccccc23)cc1. The number of rotatable bonds is 6. The Morgan fingerprint density at radius 2 is 1.60 bits per heavy atom. The van der Waals surface area contributed by atoms with Crippen molar-refractivity contribution in [3.63, 3.8) is 0 Å². The van der Waals surface area contributed by atoms with Crippen molar-refractivity contribution in [2.45, 2.75) is 0 Å². The van der Waals surface area contributed by atoms with Crippen LogP contribution in [-0.2, 0) is 0 Å². The zero-order chi connectivity index (χ0) is 28.5. The van der Waals surface area contributed by atoms with E-state index >= 15 is 0 Å². The van der Waals surface area contributed by atoms with E-state index in [1.54, 1.807) is 7.11 Å². The third-order valence-electron chi connectivity index (χ3n) is 6.95. The molecule has 0 fully saturated rings. The average molecular weight is 587 g/mol. The highest BCUT2D eigenvalue weighted by atomic mass is 35.5. The Morgan fingerprint density at radius 3 is 2.38 bits per heavy atom. The topological polar surface area (TPSA) is 90.8 Å². The highest BCUT2D eigenvalue weighted by molar-refractivity contribution is 7.13. The molecule has 0 unspecified atom stereocenters. The summed E-state index contributed by atoms with van der Waals surface area (Å²) < 4.78 is 5.27. The van der Waals surface area contributed by atoms with Crippen molar-refractivity contribution in [2.24, 2.45) is 15.2 Å². The second-order valence-corrected chi connectivity index (χ2v) is 10.8. The van der Waals surface area contributed by atoms with E-state index in [0.29, 0.717) is 21.7 Å². The number of azo groups is 1. The van der Waals surface area contributed by atoms with E-state index < -0.39 is 0 Å². The lowest BCUT2D eigenvalue weighted by Crippen LogP contribution is -1.94. The van der Waals surface area contributed by atoms with Gasteiger partial charge in [0.25, 0.3) is 0 Å². The lowest BCUT2D eigenvalue weighted by atomic mass is 10.0. The second kappa shape index (κ2) is 11.1. The predicted octanol–water partition coefficient (Wildman–Crippen LogP) is 9.96. The van der Waals surface area contributed by atoms with Gasteiger partial charge in [-0.3, -0.25) is 0 Å². The number of methoxy groups -OCH3 is 1. The number of ether oxygens (including phenoxy) is 1. The van der Waals surface area contributed by atoms with Gasteiger partial charge in [0.2, 0.25) is 5.13 Å². The monoisotopic (exact) mass is 586 g/mol. The first-order chi connectivity index (χ1) is 20.7. The van der Waals surface area contributed by atoms with Gasteiger partial charge in [0.05, 0.1) is 24.2 Å². The Labute approximate surface area is 250 Å². The van der Waals surface area contributed by atoms with Crippen LogP contribution < -0.4 is 4.74 Å². The Kier molecular flexibility index (Phi) is 6.83. The van der Waals surface area contributed by atoms with Crippen LogP contribution in [0, 0.1) is 0 Å². The largest absolute Gasteiger partial charge is 0.497 e. The lowest BCUT2D eigenvalue weighted by Gasteiger charge is -2.03. The summed E-state index contributed by atoms with van der Waals surface area (Å²) >= 11 is 7.64. The molecule has 42 heavy (non-hydrogen) atoms. The lowest BCUT2D eigenvalue weighted by molar-refractivity contribution is 0.415. The fourth-order valence-corrected chi connectivity index (χ4v) is 5.71. The van der Waals surface area contributed by atoms with Gasteiger partial charge in [0.1, 0.15) is 5.75 Å². The zero-order valence-corrected chi connectivity index (χ0v) is 23.9. The summed E-state index contributed by atoms with van der Waals surface area (Å²) in [6.07, 6.45) is 1.91. The highest BCUT2D eigenvalue weighted by Crippen LogP contribution is 2.40. The number of aliphatic imine (C=N–C) groups is 1. The number of amidine groups is 1. The van der Waals surface area contributed by atoms with E-state index in [0.717, 1.165) is 55.6 Å². The van der Waals surface area contributed by atoms with Gasteiger partial charge in [-0.2, -0.15) is 4.99 Å². The van der Waals surface area contributed by atoms with E-state index in [2.05, 4.69) is 32.3 Å². The summed E-state index contributed by atoms with van der Waals surface area (Å²) in [4.78, 5) is 16.8. The molecule has 0 saturated carbocycles. The van der Waals surface area contributed by atoms with Gasteiger partial charge < -0.3 is 14.7 Å². The van der Waals surface area contributed by atoms with Crippen molar-refractivity contribution in [2.75, 3.05) is 7.11 Å². The Balaban J connectivity index is 1.33. The second-order valence-electron chi connectivity index (χ2n) is 9.52. The van der Waals surface area contributed by atoms with Crippen LogP contribution in [0.25, 0.3) is 44.3 Å². The number of halogens is 1. The maximum Gasteiger partial charge on any atom is 0.211 e. The van der Waals surface area contributed by atoms with E-state index in [4.69, 9.17) is 26.3 Å². The molecule has 0 saturated heterocycles. The maximum absolute atomic E-state index is 6.18. The van der Waals surface area contributed by atoms with E-state index in [1.165, 1.54) is 11.3 Å². The van der Waals surface area contributed by atoms with Gasteiger partial charge in [-0.25, -0.2) is 4.98 Å². The molecule has 7 rings (SSSR count). The van der Waals surface area contributed by atoms with Crippen LogP contribution in [0.4, 0.5) is 10.8 Å². The van der Waals surface area contributed by atoms with E-state index in [-0.39, 0.29) is 0 Å². The van der Waals surface area contributed by atoms with Gasteiger partial charge in [0.15, 0.2) is 5.84 Å². The smallest absolute Gasteiger partial charge is 0.211 e. The number of thiazole rings is 1. The average Bonchev–Trinajstić information content (AvgIpc) is 3.77. The van der Waals surface area contributed by atoms with Gasteiger partial charge in [-0.15, -0.1) is 21.6 Å². The molecule has 0 aliphatic heterocycles. The maximum atomic E-state index is 6.18. The van der Waals surface area contributed by atoms with Crippen molar-refractivity contribution >= 4 is 61.4 Å². The molecule has 0 amide bonds. The number of hydrogen-bond donors (Lipinski definition) is 2. The van der Waals surface area contributed by atoms with Crippen LogP contribution in [0.1, 0.15) is 5.56 Å². The summed E-state index contributed by atoms with van der Waals surface area (Å²) in [5.41, 5.74) is 7.39. The molecule has 2 N–H and O–H groups in total. The minimum Gasteiger partial charge on any atom is -0.497 e. The van der Waals surface area contributed by atoms with Crippen molar-refractivity contribution in [3.05, 3.63) is 119 Å². The van der Waals surface area contributed by atoms with Gasteiger partial charge in [0, 0.05) is 49.5 Å². The van der Waals surface area contributed by atoms with Crippen LogP contribution in [0.5, 0.6) is 5.75 Å². The minimum atomic E-state index is 0.459. The molecule has 0 bridgehead atoms. The van der Waals surface area contributed by atoms with Crippen LogP contribution in [0.2, 0.25) is 5.02 Å². The van der Waals surface area contributed by atoms with Crippen LogP contribution in [-0.4, -0.2) is 27.9 Å². The number of H-pyrrole nitrogens is 2. The summed E-state index contributed by atoms with van der Waals surface area (Å²) in [7, 11) is 1.63. The molecular weight excluding hydrogens is 564 g/mol. The van der Waals surface area contributed by atoms with Crippen LogP contribution in [0.3, 0.4) is 0 Å². The highest BCUT2D eigenvalue weighted by Gasteiger charge is 2.18. The van der Waals surface area contributed by atoms with Crippen molar-refractivity contribution in [3.8, 4) is 28.3 Å². The Bertz CT molecular complexity index is 2090. The number of para-hydroxylation sites is 2. The number of aromatic amines is 2. The van der Waals surface area contributed by atoms with E-state index in [1.807, 2.05) is 96.5 Å². The predicted molar refractivity (Wildman–Crippen MR) is 172 cm³/mol. The minimum absolute atomic E-state index is 0.459. The van der Waals surface area contributed by atoms with Crippen molar-refractivity contribution < 1.29 is 4.74 Å². The molecular formula is C33H23ClN6OS. The van der Waals surface area contributed by atoms with E-state index in [9.17, 15) is 0 Å². The summed E-state index contributed by atoms with van der Waals surface area (Å²) in [5, 5.41) is 14.5. The number of hydrogen-bond acceptors (Lipinski definition) is 5. The molecule has 3 aromatic heterocycles.